The molecule has 1 aromatic heterocycles. The number of carboxylic acids is 1. The van der Waals surface area contributed by atoms with Gasteiger partial charge in [-0.3, -0.25) is 4.98 Å². The minimum atomic E-state index is -3.37. The lowest BCUT2D eigenvalue weighted by Gasteiger charge is -2.17. The third-order valence-corrected chi connectivity index (χ3v) is 6.66. The molecule has 162 valence electrons. The molecule has 3 atom stereocenters. The third kappa shape index (κ3) is 4.52. The summed E-state index contributed by atoms with van der Waals surface area (Å²) in [6.45, 7) is 4.96. The number of halogens is 1. The molecule has 3 unspecified atom stereocenters. The van der Waals surface area contributed by atoms with Crippen LogP contribution in [0.4, 0.5) is 4.39 Å². The number of benzene rings is 1. The van der Waals surface area contributed by atoms with Gasteiger partial charge < -0.3 is 10.2 Å². The molecule has 31 heavy (non-hydrogen) atoms. The maximum Gasteiger partial charge on any atom is 0.540 e. The second-order valence-corrected chi connectivity index (χ2v) is 9.31. The van der Waals surface area contributed by atoms with Crippen LogP contribution in [0.15, 0.2) is 30.3 Å². The molecule has 1 saturated carbocycles. The lowest BCUT2D eigenvalue weighted by molar-refractivity contribution is -0.141. The highest BCUT2D eigenvalue weighted by Crippen LogP contribution is 2.43. The Bertz CT molecular complexity index is 1070. The first kappa shape index (κ1) is 23.0. The summed E-state index contributed by atoms with van der Waals surface area (Å²) in [5, 5.41) is 17.1. The van der Waals surface area contributed by atoms with Crippen molar-refractivity contribution in [3.8, 4) is 23.0 Å². The highest BCUT2D eigenvalue weighted by atomic mass is 31.1. The van der Waals surface area contributed by atoms with Gasteiger partial charge in [-0.2, -0.15) is 4.89 Å². The standard InChI is InChI=1S/C23H23FNO5P/c1-13(2)21-18(10-11-23(14(3)26,22(27)28)31(29)30)19(12-20(25-21)16-4-5-16)15-6-8-17(24)9-7-15/h6-9,12-14,16,26H,4-5H2,1-3H3,(H-,27,28,29,30)/p+1. The molecule has 0 bridgehead atoms. The van der Waals surface area contributed by atoms with Gasteiger partial charge >= 0.3 is 19.2 Å². The quantitative estimate of drug-likeness (QED) is 0.456. The highest BCUT2D eigenvalue weighted by molar-refractivity contribution is 7.42. The number of hydrogen-bond donors (Lipinski definition) is 3. The van der Waals surface area contributed by atoms with E-state index in [4.69, 9.17) is 4.98 Å². The van der Waals surface area contributed by atoms with Crippen molar-refractivity contribution in [2.45, 2.75) is 56.7 Å². The Morgan fingerprint density at radius 2 is 1.87 bits per heavy atom. The van der Waals surface area contributed by atoms with Gasteiger partial charge in [-0.1, -0.05) is 31.9 Å². The van der Waals surface area contributed by atoms with Gasteiger partial charge in [0.25, 0.3) is 0 Å². The zero-order valence-corrected chi connectivity index (χ0v) is 18.4. The van der Waals surface area contributed by atoms with E-state index >= 15 is 0 Å². The van der Waals surface area contributed by atoms with Crippen LogP contribution in [-0.4, -0.2) is 37.3 Å². The Morgan fingerprint density at radius 3 is 2.32 bits per heavy atom. The average Bonchev–Trinajstić information content (AvgIpc) is 3.53. The predicted octanol–water partition coefficient (Wildman–Crippen LogP) is 4.18. The zero-order valence-electron chi connectivity index (χ0n) is 17.5. The molecule has 6 nitrogen and oxygen atoms in total. The number of carboxylic acid groups (broad SMARTS) is 1. The number of aliphatic carboxylic acids is 1. The first-order valence-corrected chi connectivity index (χ1v) is 11.2. The zero-order chi connectivity index (χ0) is 22.9. The Kier molecular flexibility index (Phi) is 6.56. The van der Waals surface area contributed by atoms with Crippen LogP contribution in [0, 0.1) is 17.7 Å². The number of nitrogens with zero attached hydrogens (tertiary/aromatic N) is 1. The molecule has 0 spiro atoms. The molecule has 8 heteroatoms. The van der Waals surface area contributed by atoms with Crippen molar-refractivity contribution >= 4 is 14.0 Å². The molecule has 0 radical (unpaired) electrons. The Labute approximate surface area is 181 Å². The molecule has 1 fully saturated rings. The predicted molar refractivity (Wildman–Crippen MR) is 114 cm³/mol. The number of aromatic nitrogens is 1. The Morgan fingerprint density at radius 1 is 1.26 bits per heavy atom. The van der Waals surface area contributed by atoms with Crippen molar-refractivity contribution < 1.29 is 28.9 Å². The molecule has 3 N–H and O–H groups in total. The summed E-state index contributed by atoms with van der Waals surface area (Å²) in [7, 11) is -3.37. The molecular weight excluding hydrogens is 420 g/mol. The summed E-state index contributed by atoms with van der Waals surface area (Å²) < 4.78 is 25.4. The maximum absolute atomic E-state index is 13.5. The van der Waals surface area contributed by atoms with Crippen LogP contribution in [0.5, 0.6) is 0 Å². The van der Waals surface area contributed by atoms with Crippen LogP contribution in [0.25, 0.3) is 11.1 Å². The van der Waals surface area contributed by atoms with E-state index in [0.29, 0.717) is 28.3 Å². The van der Waals surface area contributed by atoms with Gasteiger partial charge in [-0.05, 0) is 59.9 Å². The van der Waals surface area contributed by atoms with Gasteiger partial charge in [0.15, 0.2) is 0 Å². The summed E-state index contributed by atoms with van der Waals surface area (Å²) >= 11 is 0. The Balaban J connectivity index is 2.31. The smallest absolute Gasteiger partial charge is 0.477 e. The Hall–Kier alpha value is -2.65. The van der Waals surface area contributed by atoms with E-state index < -0.39 is 31.1 Å². The van der Waals surface area contributed by atoms with Crippen LogP contribution in [0.1, 0.15) is 62.4 Å². The van der Waals surface area contributed by atoms with Gasteiger partial charge in [0.1, 0.15) is 11.9 Å². The lowest BCUT2D eigenvalue weighted by atomic mass is 9.92. The van der Waals surface area contributed by atoms with E-state index in [1.165, 1.54) is 12.1 Å². The van der Waals surface area contributed by atoms with E-state index in [9.17, 15) is 28.9 Å². The van der Waals surface area contributed by atoms with Crippen molar-refractivity contribution in [3.05, 3.63) is 53.1 Å². The van der Waals surface area contributed by atoms with E-state index in [1.807, 2.05) is 19.9 Å². The lowest BCUT2D eigenvalue weighted by Crippen LogP contribution is -2.43. The second-order valence-electron chi connectivity index (χ2n) is 8.06. The number of carbonyl (C=O) groups is 1. The molecule has 0 aliphatic heterocycles. The highest BCUT2D eigenvalue weighted by Gasteiger charge is 2.60. The minimum absolute atomic E-state index is 0.0733. The topological polar surface area (TPSA) is 108 Å². The summed E-state index contributed by atoms with van der Waals surface area (Å²) in [5.41, 5.74) is 3.22. The number of aliphatic hydroxyl groups excluding tert-OH is 1. The number of aliphatic hydroxyl groups is 1. The first-order valence-electron chi connectivity index (χ1n) is 9.99. The van der Waals surface area contributed by atoms with Crippen molar-refractivity contribution in [2.24, 2.45) is 0 Å². The van der Waals surface area contributed by atoms with E-state index in [-0.39, 0.29) is 5.92 Å². The SMILES string of the molecule is CC(C)c1nc(C2CC2)cc(-c2ccc(F)cc2)c1C#CC(C(=O)O)(C(C)O)[P+](=O)O. The van der Waals surface area contributed by atoms with Crippen LogP contribution in [0.2, 0.25) is 0 Å². The average molecular weight is 444 g/mol. The van der Waals surface area contributed by atoms with Crippen LogP contribution >= 0.6 is 8.03 Å². The molecule has 1 aliphatic rings. The largest absolute Gasteiger partial charge is 0.540 e. The van der Waals surface area contributed by atoms with Crippen molar-refractivity contribution in [2.75, 3.05) is 0 Å². The molecular formula is C23H24FNO5P+. The fraction of sp³-hybridized carbons (Fsp3) is 0.391. The van der Waals surface area contributed by atoms with Crippen molar-refractivity contribution in [1.29, 1.82) is 0 Å². The molecule has 2 aromatic rings. The van der Waals surface area contributed by atoms with Gasteiger partial charge in [0.05, 0.1) is 11.3 Å². The monoisotopic (exact) mass is 444 g/mol. The fourth-order valence-electron chi connectivity index (χ4n) is 3.36. The summed E-state index contributed by atoms with van der Waals surface area (Å²) in [6, 6.07) is 7.71. The third-order valence-electron chi connectivity index (χ3n) is 5.38. The van der Waals surface area contributed by atoms with Crippen LogP contribution < -0.4 is 0 Å². The molecule has 0 amide bonds. The van der Waals surface area contributed by atoms with Gasteiger partial charge in [-0.25, -0.2) is 9.18 Å². The number of rotatable bonds is 6. The minimum Gasteiger partial charge on any atom is -0.477 e. The summed E-state index contributed by atoms with van der Waals surface area (Å²) in [6.07, 6.45) is 0.350. The second kappa shape index (κ2) is 8.84. The van der Waals surface area contributed by atoms with Gasteiger partial charge in [-0.15, -0.1) is 0 Å². The molecule has 1 aromatic carbocycles. The molecule has 0 saturated heterocycles. The van der Waals surface area contributed by atoms with Crippen molar-refractivity contribution in [3.63, 3.8) is 0 Å². The first-order chi connectivity index (χ1) is 14.6. The number of hydrogen-bond acceptors (Lipinski definition) is 4. The molecule has 1 aliphatic carbocycles. The van der Waals surface area contributed by atoms with Crippen LogP contribution in [0.3, 0.4) is 0 Å². The van der Waals surface area contributed by atoms with Crippen LogP contribution in [-0.2, 0) is 9.36 Å². The van der Waals surface area contributed by atoms with Gasteiger partial charge in [0.2, 0.25) is 0 Å². The normalized spacial score (nSPS) is 16.8. The molecule has 3 rings (SSSR count). The van der Waals surface area contributed by atoms with Crippen molar-refractivity contribution in [1.82, 2.24) is 4.98 Å². The maximum atomic E-state index is 13.5. The van der Waals surface area contributed by atoms with E-state index in [0.717, 1.165) is 25.5 Å². The van der Waals surface area contributed by atoms with Gasteiger partial charge in [0, 0.05) is 17.2 Å². The summed E-state index contributed by atoms with van der Waals surface area (Å²) in [5.74, 6) is 3.32. The molecule has 1 heterocycles. The number of pyridine rings is 1. The van der Waals surface area contributed by atoms with E-state index in [2.05, 4.69) is 11.8 Å². The fourth-order valence-corrected chi connectivity index (χ4v) is 4.00. The van der Waals surface area contributed by atoms with E-state index in [1.54, 1.807) is 12.1 Å². The summed E-state index contributed by atoms with van der Waals surface area (Å²) in [4.78, 5) is 26.3.